The number of carbonyl (C=O) groups is 3. The number of nitrogens with zero attached hydrogens (tertiary/aromatic N) is 3. The predicted octanol–water partition coefficient (Wildman–Crippen LogP) is 3.86. The summed E-state index contributed by atoms with van der Waals surface area (Å²) in [5.74, 6) is -0.764. The Morgan fingerprint density at radius 1 is 1.03 bits per heavy atom. The summed E-state index contributed by atoms with van der Waals surface area (Å²) < 4.78 is 38.6. The van der Waals surface area contributed by atoms with Crippen LogP contribution in [-0.2, 0) is 15.8 Å². The molecule has 2 heterocycles. The number of anilines is 2. The molecule has 3 amide bonds. The van der Waals surface area contributed by atoms with Crippen molar-refractivity contribution in [1.29, 1.82) is 0 Å². The molecule has 0 radical (unpaired) electrons. The predicted molar refractivity (Wildman–Crippen MR) is 130 cm³/mol. The van der Waals surface area contributed by atoms with Gasteiger partial charge in [-0.2, -0.15) is 13.2 Å². The highest BCUT2D eigenvalue weighted by molar-refractivity contribution is 6.03. The SMILES string of the molecule is CC(C)[C@@H](C(=O)N1CCN(C(=O)c2ccc(C(F)(F)F)cc2)[C@H](C)C1)N1CC(=O)Nc2ccccc21. The molecule has 7 nitrogen and oxygen atoms in total. The maximum atomic E-state index is 13.7. The molecule has 0 aromatic heterocycles. The molecule has 1 fully saturated rings. The average Bonchev–Trinajstić information content (AvgIpc) is 2.82. The fourth-order valence-corrected chi connectivity index (χ4v) is 4.90. The molecule has 0 unspecified atom stereocenters. The monoisotopic (exact) mass is 502 g/mol. The molecule has 2 aliphatic rings. The van der Waals surface area contributed by atoms with Gasteiger partial charge >= 0.3 is 6.18 Å². The van der Waals surface area contributed by atoms with Crippen LogP contribution in [0.4, 0.5) is 24.5 Å². The number of rotatable bonds is 4. The minimum atomic E-state index is -4.47. The number of hydrogen-bond donors (Lipinski definition) is 1. The molecule has 0 bridgehead atoms. The van der Waals surface area contributed by atoms with Crippen molar-refractivity contribution in [3.8, 4) is 0 Å². The Kier molecular flexibility index (Phi) is 6.97. The topological polar surface area (TPSA) is 73.0 Å². The van der Waals surface area contributed by atoms with Gasteiger partial charge in [-0.1, -0.05) is 26.0 Å². The third-order valence-electron chi connectivity index (χ3n) is 6.68. The Morgan fingerprint density at radius 3 is 2.31 bits per heavy atom. The van der Waals surface area contributed by atoms with E-state index in [2.05, 4.69) is 5.32 Å². The van der Waals surface area contributed by atoms with Crippen molar-refractivity contribution >= 4 is 29.1 Å². The fraction of sp³-hybridized carbons (Fsp3) is 0.423. The number of amides is 3. The van der Waals surface area contributed by atoms with Crippen molar-refractivity contribution in [3.63, 3.8) is 0 Å². The van der Waals surface area contributed by atoms with Crippen LogP contribution in [0.3, 0.4) is 0 Å². The van der Waals surface area contributed by atoms with Crippen LogP contribution in [0.25, 0.3) is 0 Å². The van der Waals surface area contributed by atoms with Gasteiger partial charge in [-0.05, 0) is 49.2 Å². The Hall–Kier alpha value is -3.56. The molecule has 192 valence electrons. The first-order chi connectivity index (χ1) is 17.0. The van der Waals surface area contributed by atoms with E-state index in [4.69, 9.17) is 0 Å². The first-order valence-corrected chi connectivity index (χ1v) is 11.9. The summed E-state index contributed by atoms with van der Waals surface area (Å²) in [5.41, 5.74) is 0.807. The lowest BCUT2D eigenvalue weighted by Gasteiger charge is -2.44. The smallest absolute Gasteiger partial charge is 0.348 e. The molecule has 2 aromatic carbocycles. The molecule has 0 spiro atoms. The van der Waals surface area contributed by atoms with E-state index >= 15 is 0 Å². The third-order valence-corrected chi connectivity index (χ3v) is 6.68. The zero-order valence-corrected chi connectivity index (χ0v) is 20.4. The molecule has 0 aliphatic carbocycles. The number of piperazine rings is 1. The quantitative estimate of drug-likeness (QED) is 0.689. The highest BCUT2D eigenvalue weighted by atomic mass is 19.4. The number of fused-ring (bicyclic) bond motifs is 1. The zero-order valence-electron chi connectivity index (χ0n) is 20.4. The molecule has 2 atom stereocenters. The Balaban J connectivity index is 1.48. The summed E-state index contributed by atoms with van der Waals surface area (Å²) in [7, 11) is 0. The van der Waals surface area contributed by atoms with Crippen LogP contribution in [0.5, 0.6) is 0 Å². The van der Waals surface area contributed by atoms with E-state index in [1.165, 1.54) is 12.1 Å². The van der Waals surface area contributed by atoms with Crippen LogP contribution in [0.1, 0.15) is 36.7 Å². The van der Waals surface area contributed by atoms with E-state index in [1.807, 2.05) is 43.9 Å². The molecular weight excluding hydrogens is 473 g/mol. The van der Waals surface area contributed by atoms with Gasteiger partial charge in [-0.15, -0.1) is 0 Å². The number of benzene rings is 2. The molecule has 1 N–H and O–H groups in total. The number of nitrogens with one attached hydrogen (secondary N) is 1. The van der Waals surface area contributed by atoms with Crippen LogP contribution in [0.15, 0.2) is 48.5 Å². The molecule has 10 heteroatoms. The van der Waals surface area contributed by atoms with Crippen LogP contribution < -0.4 is 10.2 Å². The zero-order chi connectivity index (χ0) is 26.2. The first-order valence-electron chi connectivity index (χ1n) is 11.9. The van der Waals surface area contributed by atoms with E-state index in [-0.39, 0.29) is 54.9 Å². The Morgan fingerprint density at radius 2 is 1.69 bits per heavy atom. The lowest BCUT2D eigenvalue weighted by Crippen LogP contribution is -2.61. The summed E-state index contributed by atoms with van der Waals surface area (Å²) >= 11 is 0. The molecule has 1 saturated heterocycles. The largest absolute Gasteiger partial charge is 0.416 e. The summed E-state index contributed by atoms with van der Waals surface area (Å²) in [6.45, 7) is 6.59. The molecule has 2 aliphatic heterocycles. The Bertz CT molecular complexity index is 1150. The van der Waals surface area contributed by atoms with Gasteiger partial charge < -0.3 is 20.0 Å². The third kappa shape index (κ3) is 5.03. The molecule has 36 heavy (non-hydrogen) atoms. The van der Waals surface area contributed by atoms with Gasteiger partial charge in [0.05, 0.1) is 23.5 Å². The minimum absolute atomic E-state index is 0.0630. The number of halogens is 3. The van der Waals surface area contributed by atoms with E-state index in [0.29, 0.717) is 12.2 Å². The summed E-state index contributed by atoms with van der Waals surface area (Å²) in [4.78, 5) is 44.2. The van der Waals surface area contributed by atoms with Crippen molar-refractivity contribution in [2.45, 2.75) is 39.0 Å². The summed E-state index contributed by atoms with van der Waals surface area (Å²) in [6.07, 6.45) is -4.47. The van der Waals surface area contributed by atoms with Gasteiger partial charge in [0, 0.05) is 31.2 Å². The van der Waals surface area contributed by atoms with Crippen molar-refractivity contribution in [3.05, 3.63) is 59.7 Å². The minimum Gasteiger partial charge on any atom is -0.348 e. The number of alkyl halides is 3. The van der Waals surface area contributed by atoms with Crippen molar-refractivity contribution < 1.29 is 27.6 Å². The number of para-hydroxylation sites is 2. The lowest BCUT2D eigenvalue weighted by atomic mass is 9.97. The molecule has 2 aromatic rings. The van der Waals surface area contributed by atoms with Crippen LogP contribution in [0, 0.1) is 5.92 Å². The Labute approximate surface area is 207 Å². The van der Waals surface area contributed by atoms with Gasteiger partial charge in [-0.3, -0.25) is 14.4 Å². The van der Waals surface area contributed by atoms with Crippen molar-refractivity contribution in [1.82, 2.24) is 9.80 Å². The van der Waals surface area contributed by atoms with Gasteiger partial charge in [0.15, 0.2) is 0 Å². The van der Waals surface area contributed by atoms with Gasteiger partial charge in [-0.25, -0.2) is 0 Å². The van der Waals surface area contributed by atoms with Crippen LogP contribution in [0.2, 0.25) is 0 Å². The average molecular weight is 503 g/mol. The van der Waals surface area contributed by atoms with Gasteiger partial charge in [0.25, 0.3) is 5.91 Å². The second-order valence-corrected chi connectivity index (χ2v) is 9.59. The maximum Gasteiger partial charge on any atom is 0.416 e. The highest BCUT2D eigenvalue weighted by Gasteiger charge is 2.39. The molecule has 4 rings (SSSR count). The van der Waals surface area contributed by atoms with Crippen LogP contribution in [-0.4, -0.2) is 65.8 Å². The second kappa shape index (κ2) is 9.83. The van der Waals surface area contributed by atoms with Gasteiger partial charge in [0.2, 0.25) is 11.8 Å². The highest BCUT2D eigenvalue weighted by Crippen LogP contribution is 2.33. The van der Waals surface area contributed by atoms with Crippen molar-refractivity contribution in [2.24, 2.45) is 5.92 Å². The number of carbonyl (C=O) groups excluding carboxylic acids is 3. The van der Waals surface area contributed by atoms with E-state index in [0.717, 1.165) is 17.8 Å². The first kappa shape index (κ1) is 25.5. The second-order valence-electron chi connectivity index (χ2n) is 9.59. The van der Waals surface area contributed by atoms with Crippen molar-refractivity contribution in [2.75, 3.05) is 36.4 Å². The standard InChI is InChI=1S/C26H29F3N4O3/c1-16(2)23(33-15-22(34)30-20-6-4-5-7-21(20)33)25(36)31-12-13-32(17(3)14-31)24(35)18-8-10-19(11-9-18)26(27,28)29/h4-11,16-17,23H,12-15H2,1-3H3,(H,30,34)/t17-,23+/m1/s1. The van der Waals surface area contributed by atoms with Gasteiger partial charge in [0.1, 0.15) is 6.04 Å². The van der Waals surface area contributed by atoms with E-state index in [9.17, 15) is 27.6 Å². The lowest BCUT2D eigenvalue weighted by molar-refractivity contribution is -0.137. The number of hydrogen-bond acceptors (Lipinski definition) is 4. The van der Waals surface area contributed by atoms with Crippen LogP contribution >= 0.6 is 0 Å². The molecular formula is C26H29F3N4O3. The summed E-state index contributed by atoms with van der Waals surface area (Å²) in [5, 5.41) is 2.84. The summed E-state index contributed by atoms with van der Waals surface area (Å²) in [6, 6.07) is 10.6. The van der Waals surface area contributed by atoms with E-state index < -0.39 is 17.8 Å². The fourth-order valence-electron chi connectivity index (χ4n) is 4.90. The molecule has 0 saturated carbocycles. The maximum absolute atomic E-state index is 13.7. The normalized spacial score (nSPS) is 19.1. The van der Waals surface area contributed by atoms with E-state index in [1.54, 1.807) is 15.9 Å².